The summed E-state index contributed by atoms with van der Waals surface area (Å²) in [6.07, 6.45) is 5.39. The molecule has 3 aromatic rings. The maximum absolute atomic E-state index is 12.9. The number of hydrogen-bond acceptors (Lipinski definition) is 5. The quantitative estimate of drug-likeness (QED) is 0.389. The maximum atomic E-state index is 12.9. The first-order valence-electron chi connectivity index (χ1n) is 12.8. The van der Waals surface area contributed by atoms with Gasteiger partial charge in [-0.15, -0.1) is 11.3 Å². The summed E-state index contributed by atoms with van der Waals surface area (Å²) in [4.78, 5) is 16.2. The van der Waals surface area contributed by atoms with Gasteiger partial charge in [0, 0.05) is 30.4 Å². The first-order valence-corrected chi connectivity index (χ1v) is 14.4. The van der Waals surface area contributed by atoms with E-state index in [1.165, 1.54) is 21.2 Å². The minimum absolute atomic E-state index is 0.0657. The zero-order valence-electron chi connectivity index (χ0n) is 20.3. The summed E-state index contributed by atoms with van der Waals surface area (Å²) in [6.45, 7) is 7.11. The van der Waals surface area contributed by atoms with Gasteiger partial charge in [0.05, 0.1) is 9.35 Å². The molecule has 0 atom stereocenters. The Morgan fingerprint density at radius 3 is 2.60 bits per heavy atom. The Morgan fingerprint density at radius 2 is 1.86 bits per heavy atom. The summed E-state index contributed by atoms with van der Waals surface area (Å²) >= 11 is 5.30. The number of fused-ring (bicyclic) bond motifs is 1. The van der Waals surface area contributed by atoms with Crippen molar-refractivity contribution >= 4 is 43.3 Å². The molecule has 0 aliphatic carbocycles. The molecule has 0 spiro atoms. The second kappa shape index (κ2) is 11.4. The topological polar surface area (TPSA) is 53.6 Å². The van der Waals surface area contributed by atoms with Crippen LogP contribution in [-0.4, -0.2) is 49.1 Å². The number of halogens is 1. The van der Waals surface area contributed by atoms with Crippen LogP contribution in [0.5, 0.6) is 5.75 Å². The molecule has 2 fully saturated rings. The molecule has 35 heavy (non-hydrogen) atoms. The molecule has 3 heterocycles. The standard InChI is InChI=1S/C28H34BrN3O2S/c1-2-19-4-6-26-21(15-19)17-27(35-26)28(33)31-22-9-13-32(14-10-22)18-20-3-5-25(24(29)16-20)34-23-7-11-30-12-8-23/h3-6,15-17,22-23,30H,2,7-14,18H2,1H3,(H,31,33). The van der Waals surface area contributed by atoms with Gasteiger partial charge >= 0.3 is 0 Å². The van der Waals surface area contributed by atoms with E-state index in [1.807, 2.05) is 6.07 Å². The van der Waals surface area contributed by atoms with Gasteiger partial charge in [-0.05, 0) is 102 Å². The molecule has 0 radical (unpaired) electrons. The minimum atomic E-state index is 0.0657. The summed E-state index contributed by atoms with van der Waals surface area (Å²) in [6, 6.07) is 15.2. The van der Waals surface area contributed by atoms with Crippen LogP contribution < -0.4 is 15.4 Å². The van der Waals surface area contributed by atoms with Crippen LogP contribution in [0.2, 0.25) is 0 Å². The summed E-state index contributed by atoms with van der Waals surface area (Å²) < 4.78 is 8.42. The molecule has 186 valence electrons. The molecule has 1 aromatic heterocycles. The number of nitrogens with zero attached hydrogens (tertiary/aromatic N) is 1. The Hall–Kier alpha value is -1.93. The molecule has 5 rings (SSSR count). The molecule has 1 amide bonds. The molecule has 2 N–H and O–H groups in total. The molecule has 2 aliphatic rings. The molecule has 5 nitrogen and oxygen atoms in total. The summed E-state index contributed by atoms with van der Waals surface area (Å²) in [5.74, 6) is 1.00. The van der Waals surface area contributed by atoms with Gasteiger partial charge in [-0.2, -0.15) is 0 Å². The zero-order chi connectivity index (χ0) is 24.2. The molecule has 0 bridgehead atoms. The van der Waals surface area contributed by atoms with Crippen LogP contribution >= 0.6 is 27.3 Å². The van der Waals surface area contributed by atoms with Crippen molar-refractivity contribution in [3.63, 3.8) is 0 Å². The summed E-state index contributed by atoms with van der Waals surface area (Å²) in [7, 11) is 0. The van der Waals surface area contributed by atoms with Gasteiger partial charge < -0.3 is 15.4 Å². The van der Waals surface area contributed by atoms with Crippen molar-refractivity contribution in [2.75, 3.05) is 26.2 Å². The van der Waals surface area contributed by atoms with Crippen LogP contribution in [0.25, 0.3) is 10.1 Å². The van der Waals surface area contributed by atoms with E-state index in [4.69, 9.17) is 4.74 Å². The normalized spacial score (nSPS) is 18.1. The average Bonchev–Trinajstić information content (AvgIpc) is 3.31. The second-order valence-electron chi connectivity index (χ2n) is 9.69. The number of rotatable bonds is 7. The first-order chi connectivity index (χ1) is 17.1. The van der Waals surface area contributed by atoms with Crippen LogP contribution in [0.3, 0.4) is 0 Å². The number of likely N-dealkylation sites (tertiary alicyclic amines) is 1. The van der Waals surface area contributed by atoms with Gasteiger partial charge in [-0.25, -0.2) is 0 Å². The third-order valence-corrected chi connectivity index (χ3v) is 8.85. The largest absolute Gasteiger partial charge is 0.489 e. The van der Waals surface area contributed by atoms with Crippen molar-refractivity contribution in [3.05, 3.63) is 62.9 Å². The summed E-state index contributed by atoms with van der Waals surface area (Å²) in [5, 5.41) is 7.84. The van der Waals surface area contributed by atoms with Crippen molar-refractivity contribution < 1.29 is 9.53 Å². The Bertz CT molecular complexity index is 1170. The fourth-order valence-corrected chi connectivity index (χ4v) is 6.47. The van der Waals surface area contributed by atoms with Crippen LogP contribution in [0.4, 0.5) is 0 Å². The number of hydrogen-bond donors (Lipinski definition) is 2. The van der Waals surface area contributed by atoms with E-state index in [-0.39, 0.29) is 11.9 Å². The van der Waals surface area contributed by atoms with E-state index in [0.717, 1.165) is 79.9 Å². The van der Waals surface area contributed by atoms with Crippen molar-refractivity contribution in [2.45, 2.75) is 57.7 Å². The molecular formula is C28H34BrN3O2S. The van der Waals surface area contributed by atoms with Crippen molar-refractivity contribution in [2.24, 2.45) is 0 Å². The SMILES string of the molecule is CCc1ccc2sc(C(=O)NC3CCN(Cc4ccc(OC5CCNCC5)c(Br)c4)CC3)cc2c1. The monoisotopic (exact) mass is 555 g/mol. The highest BCUT2D eigenvalue weighted by molar-refractivity contribution is 9.10. The van der Waals surface area contributed by atoms with Crippen LogP contribution in [-0.2, 0) is 13.0 Å². The Kier molecular flexibility index (Phi) is 8.07. The van der Waals surface area contributed by atoms with E-state index in [2.05, 4.69) is 74.8 Å². The molecule has 2 aliphatic heterocycles. The smallest absolute Gasteiger partial charge is 0.261 e. The summed E-state index contributed by atoms with van der Waals surface area (Å²) in [5.41, 5.74) is 2.60. The molecule has 0 saturated carbocycles. The number of thiophene rings is 1. The minimum Gasteiger partial charge on any atom is -0.489 e. The number of ether oxygens (including phenoxy) is 1. The third-order valence-electron chi connectivity index (χ3n) is 7.12. The lowest BCUT2D eigenvalue weighted by molar-refractivity contribution is 0.0913. The van der Waals surface area contributed by atoms with E-state index in [1.54, 1.807) is 11.3 Å². The van der Waals surface area contributed by atoms with Gasteiger partial charge in [-0.3, -0.25) is 9.69 Å². The fourth-order valence-electron chi connectivity index (χ4n) is 5.01. The van der Waals surface area contributed by atoms with Crippen LogP contribution in [0.15, 0.2) is 46.9 Å². The van der Waals surface area contributed by atoms with E-state index >= 15 is 0 Å². The van der Waals surface area contributed by atoms with Gasteiger partial charge in [0.2, 0.25) is 0 Å². The van der Waals surface area contributed by atoms with Crippen molar-refractivity contribution in [1.29, 1.82) is 0 Å². The molecule has 2 saturated heterocycles. The van der Waals surface area contributed by atoms with Crippen molar-refractivity contribution in [1.82, 2.24) is 15.5 Å². The zero-order valence-corrected chi connectivity index (χ0v) is 22.7. The molecule has 2 aromatic carbocycles. The number of piperidine rings is 2. The third kappa shape index (κ3) is 6.26. The second-order valence-corrected chi connectivity index (χ2v) is 11.6. The first kappa shape index (κ1) is 24.8. The molecule has 7 heteroatoms. The number of benzene rings is 2. The highest BCUT2D eigenvalue weighted by Crippen LogP contribution is 2.30. The number of nitrogens with one attached hydrogen (secondary N) is 2. The van der Waals surface area contributed by atoms with E-state index in [9.17, 15) is 4.79 Å². The average molecular weight is 557 g/mol. The van der Waals surface area contributed by atoms with Gasteiger partial charge in [-0.1, -0.05) is 25.1 Å². The Labute approximate surface area is 220 Å². The highest BCUT2D eigenvalue weighted by atomic mass is 79.9. The van der Waals surface area contributed by atoms with Crippen molar-refractivity contribution in [3.8, 4) is 5.75 Å². The van der Waals surface area contributed by atoms with Gasteiger partial charge in [0.15, 0.2) is 0 Å². The molecule has 0 unspecified atom stereocenters. The number of aryl methyl sites for hydroxylation is 1. The van der Waals surface area contributed by atoms with Gasteiger partial charge in [0.1, 0.15) is 11.9 Å². The van der Waals surface area contributed by atoms with Crippen LogP contribution in [0.1, 0.15) is 53.4 Å². The Balaban J connectivity index is 1.11. The predicted molar refractivity (Wildman–Crippen MR) is 148 cm³/mol. The number of carbonyl (C=O) groups excluding carboxylic acids is 1. The highest BCUT2D eigenvalue weighted by Gasteiger charge is 2.22. The maximum Gasteiger partial charge on any atom is 0.261 e. The van der Waals surface area contributed by atoms with Crippen LogP contribution in [0, 0.1) is 0 Å². The molecular weight excluding hydrogens is 522 g/mol. The van der Waals surface area contributed by atoms with E-state index in [0.29, 0.717) is 6.10 Å². The Morgan fingerprint density at radius 1 is 1.09 bits per heavy atom. The fraction of sp³-hybridized carbons (Fsp3) is 0.464. The number of amides is 1. The van der Waals surface area contributed by atoms with Gasteiger partial charge in [0.25, 0.3) is 5.91 Å². The lowest BCUT2D eigenvalue weighted by Crippen LogP contribution is -2.44. The predicted octanol–water partition coefficient (Wildman–Crippen LogP) is 5.75. The lowest BCUT2D eigenvalue weighted by atomic mass is 10.0. The number of carbonyl (C=O) groups is 1. The van der Waals surface area contributed by atoms with E-state index < -0.39 is 0 Å². The lowest BCUT2D eigenvalue weighted by Gasteiger charge is -2.32.